The zero-order chi connectivity index (χ0) is 27.3. The van der Waals surface area contributed by atoms with Gasteiger partial charge < -0.3 is 10.2 Å². The van der Waals surface area contributed by atoms with Crippen molar-refractivity contribution in [3.63, 3.8) is 0 Å². The van der Waals surface area contributed by atoms with Crippen LogP contribution in [0.4, 0.5) is 5.69 Å². The third-order valence-corrected chi connectivity index (χ3v) is 7.32. The molecule has 36 heavy (non-hydrogen) atoms. The van der Waals surface area contributed by atoms with Crippen molar-refractivity contribution in [3.8, 4) is 0 Å². The highest BCUT2D eigenvalue weighted by molar-refractivity contribution is 7.92. The first-order valence-electron chi connectivity index (χ1n) is 12.3. The van der Waals surface area contributed by atoms with E-state index in [1.807, 2.05) is 77.9 Å². The smallest absolute Gasteiger partial charge is 0.242 e. The molecule has 2 aromatic rings. The number of carbonyl (C=O) groups excluding carboxylic acids is 2. The molecule has 0 unspecified atom stereocenters. The van der Waals surface area contributed by atoms with Crippen LogP contribution in [0.3, 0.4) is 0 Å². The summed E-state index contributed by atoms with van der Waals surface area (Å²) in [6.07, 6.45) is 1.63. The molecule has 2 amide bonds. The van der Waals surface area contributed by atoms with Crippen LogP contribution < -0.4 is 9.62 Å². The molecule has 0 saturated heterocycles. The van der Waals surface area contributed by atoms with Crippen molar-refractivity contribution in [3.05, 3.63) is 64.7 Å². The Morgan fingerprint density at radius 3 is 2.17 bits per heavy atom. The highest BCUT2D eigenvalue weighted by atomic mass is 32.2. The first-order chi connectivity index (χ1) is 16.6. The van der Waals surface area contributed by atoms with Gasteiger partial charge in [0.15, 0.2) is 0 Å². The zero-order valence-electron chi connectivity index (χ0n) is 22.9. The maximum atomic E-state index is 13.4. The molecule has 1 N–H and O–H groups in total. The van der Waals surface area contributed by atoms with Gasteiger partial charge in [0.25, 0.3) is 0 Å². The van der Waals surface area contributed by atoms with Gasteiger partial charge in [-0.15, -0.1) is 0 Å². The monoisotopic (exact) mass is 515 g/mol. The van der Waals surface area contributed by atoms with Crippen LogP contribution in [-0.2, 0) is 26.2 Å². The topological polar surface area (TPSA) is 86.8 Å². The molecule has 2 rings (SSSR count). The normalized spacial score (nSPS) is 12.7. The van der Waals surface area contributed by atoms with Crippen LogP contribution in [0.5, 0.6) is 0 Å². The predicted octanol–water partition coefficient (Wildman–Crippen LogP) is 4.49. The average Bonchev–Trinajstić information content (AvgIpc) is 2.76. The molecule has 0 aliphatic heterocycles. The van der Waals surface area contributed by atoms with Gasteiger partial charge >= 0.3 is 0 Å². The van der Waals surface area contributed by atoms with E-state index in [-0.39, 0.29) is 24.8 Å². The van der Waals surface area contributed by atoms with Crippen LogP contribution in [-0.4, -0.2) is 49.5 Å². The molecule has 0 aliphatic rings. The number of sulfonamides is 1. The minimum Gasteiger partial charge on any atom is -0.350 e. The molecule has 8 heteroatoms. The largest absolute Gasteiger partial charge is 0.350 e. The highest BCUT2D eigenvalue weighted by Crippen LogP contribution is 2.25. The third kappa shape index (κ3) is 8.36. The van der Waals surface area contributed by atoms with E-state index in [1.54, 1.807) is 17.9 Å². The summed E-state index contributed by atoms with van der Waals surface area (Å²) >= 11 is 0. The van der Waals surface area contributed by atoms with Crippen molar-refractivity contribution < 1.29 is 18.0 Å². The average molecular weight is 516 g/mol. The lowest BCUT2D eigenvalue weighted by molar-refractivity contribution is -0.141. The molecule has 7 nitrogen and oxygen atoms in total. The summed E-state index contributed by atoms with van der Waals surface area (Å²) in [6.45, 7) is 13.7. The van der Waals surface area contributed by atoms with Crippen molar-refractivity contribution >= 4 is 27.5 Å². The molecular formula is C28H41N3O4S. The summed E-state index contributed by atoms with van der Waals surface area (Å²) in [4.78, 5) is 27.9. The lowest BCUT2D eigenvalue weighted by Crippen LogP contribution is -2.52. The minimum absolute atomic E-state index is 0.121. The van der Waals surface area contributed by atoms with Crippen LogP contribution in [0.2, 0.25) is 0 Å². The number of benzene rings is 2. The Balaban J connectivity index is 2.22. The van der Waals surface area contributed by atoms with E-state index in [2.05, 4.69) is 5.32 Å². The molecule has 0 fully saturated rings. The highest BCUT2D eigenvalue weighted by Gasteiger charge is 2.28. The maximum absolute atomic E-state index is 13.4. The fourth-order valence-electron chi connectivity index (χ4n) is 3.94. The van der Waals surface area contributed by atoms with Gasteiger partial charge in [0.1, 0.15) is 6.04 Å². The quantitative estimate of drug-likeness (QED) is 0.505. The summed E-state index contributed by atoms with van der Waals surface area (Å²) in [7, 11) is -3.53. The van der Waals surface area contributed by atoms with E-state index in [0.717, 1.165) is 22.3 Å². The van der Waals surface area contributed by atoms with Gasteiger partial charge in [-0.2, -0.15) is 0 Å². The Morgan fingerprint density at radius 2 is 1.61 bits per heavy atom. The van der Waals surface area contributed by atoms with E-state index in [4.69, 9.17) is 0 Å². The second-order valence-electron chi connectivity index (χ2n) is 10.6. The summed E-state index contributed by atoms with van der Waals surface area (Å²) in [6, 6.07) is 12.7. The maximum Gasteiger partial charge on any atom is 0.242 e. The lowest BCUT2D eigenvalue weighted by Gasteiger charge is -2.32. The van der Waals surface area contributed by atoms with E-state index in [0.29, 0.717) is 18.7 Å². The van der Waals surface area contributed by atoms with Crippen LogP contribution >= 0.6 is 0 Å². The second-order valence-corrected chi connectivity index (χ2v) is 12.5. The van der Waals surface area contributed by atoms with E-state index >= 15 is 0 Å². The van der Waals surface area contributed by atoms with Gasteiger partial charge in [0.2, 0.25) is 21.8 Å². The van der Waals surface area contributed by atoms with Crippen LogP contribution in [0.1, 0.15) is 62.8 Å². The Morgan fingerprint density at radius 1 is 1.00 bits per heavy atom. The number of rotatable bonds is 10. The Kier molecular flexibility index (Phi) is 9.71. The molecular weight excluding hydrogens is 474 g/mol. The standard InChI is InChI=1S/C28H41N3O4S/c1-20-14-16-24(17-15-20)19-30(23(4)27(33)29-28(5,6)7)26(32)13-10-18-31(36(8,34)35)25-12-9-11-21(2)22(25)3/h9,11-12,14-17,23H,10,13,18-19H2,1-8H3,(H,29,33)/t23-/m1/s1. The molecule has 0 aliphatic carbocycles. The molecule has 0 spiro atoms. The number of amides is 2. The number of aryl methyl sites for hydroxylation is 2. The van der Waals surface area contributed by atoms with Crippen LogP contribution in [0, 0.1) is 20.8 Å². The fourth-order valence-corrected chi connectivity index (χ4v) is 4.95. The number of anilines is 1. The van der Waals surface area contributed by atoms with Gasteiger partial charge in [0, 0.05) is 25.0 Å². The Bertz CT molecular complexity index is 1170. The van der Waals surface area contributed by atoms with Crippen LogP contribution in [0.15, 0.2) is 42.5 Å². The summed E-state index contributed by atoms with van der Waals surface area (Å²) < 4.78 is 26.5. The minimum atomic E-state index is -3.53. The molecule has 0 heterocycles. The number of nitrogens with one attached hydrogen (secondary N) is 1. The SMILES string of the molecule is Cc1ccc(CN(C(=O)CCCN(c2cccc(C)c2C)S(C)(=O)=O)[C@H](C)C(=O)NC(C)(C)C)cc1. The summed E-state index contributed by atoms with van der Waals surface area (Å²) in [5.74, 6) is -0.419. The second kappa shape index (κ2) is 11.9. The van der Waals surface area contributed by atoms with Crippen molar-refractivity contribution in [2.24, 2.45) is 0 Å². The molecule has 0 saturated carbocycles. The zero-order valence-corrected chi connectivity index (χ0v) is 23.7. The van der Waals surface area contributed by atoms with Gasteiger partial charge in [-0.1, -0.05) is 42.0 Å². The number of carbonyl (C=O) groups is 2. The molecule has 0 bridgehead atoms. The van der Waals surface area contributed by atoms with E-state index in [9.17, 15) is 18.0 Å². The van der Waals surface area contributed by atoms with Crippen molar-refractivity contribution in [2.75, 3.05) is 17.1 Å². The van der Waals surface area contributed by atoms with Gasteiger partial charge in [-0.05, 0) is 77.6 Å². The summed E-state index contributed by atoms with van der Waals surface area (Å²) in [5, 5.41) is 2.96. The van der Waals surface area contributed by atoms with Gasteiger partial charge in [-0.25, -0.2) is 8.42 Å². The van der Waals surface area contributed by atoms with E-state index < -0.39 is 21.6 Å². The molecule has 2 aromatic carbocycles. The van der Waals surface area contributed by atoms with Gasteiger partial charge in [-0.3, -0.25) is 13.9 Å². The molecule has 1 atom stereocenters. The Hall–Kier alpha value is -2.87. The van der Waals surface area contributed by atoms with Gasteiger partial charge in [0.05, 0.1) is 11.9 Å². The van der Waals surface area contributed by atoms with E-state index in [1.165, 1.54) is 10.6 Å². The first-order valence-corrected chi connectivity index (χ1v) is 14.2. The Labute approximate surface area is 216 Å². The molecule has 198 valence electrons. The lowest BCUT2D eigenvalue weighted by atomic mass is 10.1. The number of hydrogen-bond acceptors (Lipinski definition) is 4. The van der Waals surface area contributed by atoms with Crippen molar-refractivity contribution in [1.29, 1.82) is 0 Å². The molecule has 0 radical (unpaired) electrons. The molecule has 0 aromatic heterocycles. The predicted molar refractivity (Wildman–Crippen MR) is 146 cm³/mol. The number of nitrogens with zero attached hydrogens (tertiary/aromatic N) is 2. The summed E-state index contributed by atoms with van der Waals surface area (Å²) in [5.41, 5.74) is 4.13. The van der Waals surface area contributed by atoms with Crippen molar-refractivity contribution in [1.82, 2.24) is 10.2 Å². The number of hydrogen-bond donors (Lipinski definition) is 1. The van der Waals surface area contributed by atoms with Crippen molar-refractivity contribution in [2.45, 2.75) is 79.4 Å². The first kappa shape index (κ1) is 29.4. The van der Waals surface area contributed by atoms with Crippen LogP contribution in [0.25, 0.3) is 0 Å². The third-order valence-electron chi connectivity index (χ3n) is 6.14. The fraction of sp³-hybridized carbons (Fsp3) is 0.500.